The van der Waals surface area contributed by atoms with Crippen molar-refractivity contribution in [3.05, 3.63) is 27.7 Å². The van der Waals surface area contributed by atoms with Crippen LogP contribution < -0.4 is 4.90 Å². The highest BCUT2D eigenvalue weighted by atomic mass is 79.9. The highest BCUT2D eigenvalue weighted by Gasteiger charge is 2.49. The van der Waals surface area contributed by atoms with E-state index < -0.39 is 0 Å². The minimum atomic E-state index is -0.0845. The first-order chi connectivity index (χ1) is 9.50. The second-order valence-electron chi connectivity index (χ2n) is 5.90. The van der Waals surface area contributed by atoms with E-state index in [1.165, 1.54) is 4.90 Å². The largest absolute Gasteiger partial charge is 0.274 e. The quantitative estimate of drug-likeness (QED) is 0.733. The number of benzene rings is 1. The maximum absolute atomic E-state index is 12.6. The molecule has 1 aromatic carbocycles. The average molecular weight is 336 g/mol. The van der Waals surface area contributed by atoms with Crippen LogP contribution in [-0.4, -0.2) is 11.8 Å². The number of rotatable bonds is 1. The van der Waals surface area contributed by atoms with E-state index in [0.29, 0.717) is 0 Å². The predicted octanol–water partition coefficient (Wildman–Crippen LogP) is 3.75. The molecule has 2 fully saturated rings. The van der Waals surface area contributed by atoms with Crippen LogP contribution in [-0.2, 0) is 9.59 Å². The first-order valence-electron chi connectivity index (χ1n) is 7.15. The van der Waals surface area contributed by atoms with Gasteiger partial charge in [-0.2, -0.15) is 0 Å². The number of carbonyl (C=O) groups is 2. The number of anilines is 1. The molecule has 20 heavy (non-hydrogen) atoms. The summed E-state index contributed by atoms with van der Waals surface area (Å²) in [5, 5.41) is 0. The molecule has 0 bridgehead atoms. The normalized spacial score (nSPS) is 26.1. The molecule has 1 aliphatic heterocycles. The molecule has 106 valence electrons. The smallest absolute Gasteiger partial charge is 0.237 e. The molecule has 1 heterocycles. The van der Waals surface area contributed by atoms with E-state index in [-0.39, 0.29) is 23.7 Å². The van der Waals surface area contributed by atoms with Crippen molar-refractivity contribution in [3.63, 3.8) is 0 Å². The molecular formula is C16H18BrNO2. The van der Waals surface area contributed by atoms with Crippen molar-refractivity contribution in [2.75, 3.05) is 4.90 Å². The molecule has 4 heteroatoms. The molecule has 1 saturated heterocycles. The molecule has 1 aliphatic carbocycles. The van der Waals surface area contributed by atoms with Gasteiger partial charge >= 0.3 is 0 Å². The fraction of sp³-hybridized carbons (Fsp3) is 0.500. The van der Waals surface area contributed by atoms with Crippen LogP contribution >= 0.6 is 15.9 Å². The first kappa shape index (κ1) is 13.8. The van der Waals surface area contributed by atoms with Crippen LogP contribution in [0.2, 0.25) is 0 Å². The molecule has 0 unspecified atom stereocenters. The predicted molar refractivity (Wildman–Crippen MR) is 81.6 cm³/mol. The third-order valence-electron chi connectivity index (χ3n) is 4.52. The summed E-state index contributed by atoms with van der Waals surface area (Å²) in [7, 11) is 0. The average Bonchev–Trinajstić information content (AvgIpc) is 2.64. The fourth-order valence-corrected chi connectivity index (χ4v) is 4.33. The van der Waals surface area contributed by atoms with Crippen molar-refractivity contribution >= 4 is 33.4 Å². The molecule has 3 nitrogen and oxygen atoms in total. The van der Waals surface area contributed by atoms with Gasteiger partial charge in [0.25, 0.3) is 0 Å². The summed E-state index contributed by atoms with van der Waals surface area (Å²) in [6, 6.07) is 3.93. The van der Waals surface area contributed by atoms with Gasteiger partial charge in [0.1, 0.15) is 0 Å². The lowest BCUT2D eigenvalue weighted by Gasteiger charge is -2.20. The minimum absolute atomic E-state index is 0.00761. The van der Waals surface area contributed by atoms with E-state index in [1.807, 2.05) is 26.0 Å². The van der Waals surface area contributed by atoms with E-state index in [2.05, 4.69) is 15.9 Å². The zero-order valence-corrected chi connectivity index (χ0v) is 13.4. The third-order valence-corrected chi connectivity index (χ3v) is 4.98. The SMILES string of the molecule is Cc1cc(Br)cc(C)c1N1C(=O)[C@H]2CCCC[C@H]2C1=O. The van der Waals surface area contributed by atoms with Crippen molar-refractivity contribution in [2.24, 2.45) is 11.8 Å². The fourth-order valence-electron chi connectivity index (χ4n) is 3.64. The van der Waals surface area contributed by atoms with Crippen LogP contribution in [0.3, 0.4) is 0 Å². The second-order valence-corrected chi connectivity index (χ2v) is 6.81. The van der Waals surface area contributed by atoms with Crippen LogP contribution in [0.15, 0.2) is 16.6 Å². The maximum Gasteiger partial charge on any atom is 0.237 e. The van der Waals surface area contributed by atoms with E-state index >= 15 is 0 Å². The summed E-state index contributed by atoms with van der Waals surface area (Å²) >= 11 is 3.46. The Morgan fingerprint density at radius 3 is 1.90 bits per heavy atom. The number of aryl methyl sites for hydroxylation is 2. The molecule has 2 amide bonds. The van der Waals surface area contributed by atoms with Crippen LogP contribution in [0.1, 0.15) is 36.8 Å². The molecule has 3 rings (SSSR count). The van der Waals surface area contributed by atoms with Gasteiger partial charge in [-0.1, -0.05) is 28.8 Å². The summed E-state index contributed by atoms with van der Waals surface area (Å²) in [6.07, 6.45) is 3.85. The molecule has 1 aromatic rings. The van der Waals surface area contributed by atoms with Crippen LogP contribution in [0.25, 0.3) is 0 Å². The lowest BCUT2D eigenvalue weighted by molar-refractivity contribution is -0.122. The Morgan fingerprint density at radius 1 is 1.00 bits per heavy atom. The number of imide groups is 1. The van der Waals surface area contributed by atoms with Crippen LogP contribution in [0.5, 0.6) is 0 Å². The van der Waals surface area contributed by atoms with Crippen LogP contribution in [0, 0.1) is 25.7 Å². The molecule has 0 aromatic heterocycles. The molecule has 0 radical (unpaired) electrons. The number of carbonyl (C=O) groups excluding carboxylic acids is 2. The van der Waals surface area contributed by atoms with E-state index in [0.717, 1.165) is 47.0 Å². The summed E-state index contributed by atoms with van der Waals surface area (Å²) in [5.41, 5.74) is 2.73. The van der Waals surface area contributed by atoms with E-state index in [9.17, 15) is 9.59 Å². The Labute approximate surface area is 127 Å². The number of hydrogen-bond acceptors (Lipinski definition) is 2. The van der Waals surface area contributed by atoms with Gasteiger partial charge in [-0.05, 0) is 49.9 Å². The van der Waals surface area contributed by atoms with Gasteiger partial charge < -0.3 is 0 Å². The van der Waals surface area contributed by atoms with Gasteiger partial charge in [0.05, 0.1) is 17.5 Å². The maximum atomic E-state index is 12.6. The van der Waals surface area contributed by atoms with Crippen molar-refractivity contribution in [1.29, 1.82) is 0 Å². The van der Waals surface area contributed by atoms with Crippen molar-refractivity contribution in [2.45, 2.75) is 39.5 Å². The van der Waals surface area contributed by atoms with Gasteiger partial charge in [-0.25, -0.2) is 4.90 Å². The summed E-state index contributed by atoms with van der Waals surface area (Å²) < 4.78 is 0.979. The zero-order chi connectivity index (χ0) is 14.4. The molecule has 1 saturated carbocycles. The number of halogens is 1. The van der Waals surface area contributed by atoms with E-state index in [4.69, 9.17) is 0 Å². The molecule has 2 atom stereocenters. The monoisotopic (exact) mass is 335 g/mol. The van der Waals surface area contributed by atoms with Gasteiger partial charge in [-0.15, -0.1) is 0 Å². The van der Waals surface area contributed by atoms with Gasteiger partial charge in [-0.3, -0.25) is 9.59 Å². The summed E-state index contributed by atoms with van der Waals surface area (Å²) in [4.78, 5) is 26.7. The molecular weight excluding hydrogens is 318 g/mol. The lowest BCUT2D eigenvalue weighted by atomic mass is 9.81. The van der Waals surface area contributed by atoms with Crippen molar-refractivity contribution in [1.82, 2.24) is 0 Å². The Bertz CT molecular complexity index is 549. The Hall–Kier alpha value is -1.16. The number of nitrogens with zero attached hydrogens (tertiary/aromatic N) is 1. The Kier molecular flexibility index (Phi) is 3.44. The van der Waals surface area contributed by atoms with Crippen LogP contribution in [0.4, 0.5) is 5.69 Å². The molecule has 0 spiro atoms. The molecule has 0 N–H and O–H groups in total. The van der Waals surface area contributed by atoms with Gasteiger partial charge in [0.2, 0.25) is 11.8 Å². The second kappa shape index (κ2) is 4.99. The highest BCUT2D eigenvalue weighted by molar-refractivity contribution is 9.10. The minimum Gasteiger partial charge on any atom is -0.274 e. The topological polar surface area (TPSA) is 37.4 Å². The van der Waals surface area contributed by atoms with E-state index in [1.54, 1.807) is 0 Å². The lowest BCUT2D eigenvalue weighted by Crippen LogP contribution is -2.32. The third kappa shape index (κ3) is 2.01. The standard InChI is InChI=1S/C16H18BrNO2/c1-9-7-11(17)8-10(2)14(9)18-15(19)12-5-3-4-6-13(12)16(18)20/h7-8,12-13H,3-6H2,1-2H3/t12-,13+. The summed E-state index contributed by atoms with van der Waals surface area (Å²) in [5.74, 6) is -0.154. The first-order valence-corrected chi connectivity index (χ1v) is 7.94. The van der Waals surface area contributed by atoms with Crippen molar-refractivity contribution < 1.29 is 9.59 Å². The highest BCUT2D eigenvalue weighted by Crippen LogP contribution is 2.42. The zero-order valence-electron chi connectivity index (χ0n) is 11.8. The number of amides is 2. The Balaban J connectivity index is 2.06. The van der Waals surface area contributed by atoms with Gasteiger partial charge in [0.15, 0.2) is 0 Å². The van der Waals surface area contributed by atoms with Gasteiger partial charge in [0, 0.05) is 4.47 Å². The van der Waals surface area contributed by atoms with Crippen molar-refractivity contribution in [3.8, 4) is 0 Å². The Morgan fingerprint density at radius 2 is 1.45 bits per heavy atom. The number of hydrogen-bond donors (Lipinski definition) is 0. The number of fused-ring (bicyclic) bond motifs is 1. The molecule has 2 aliphatic rings. The summed E-state index contributed by atoms with van der Waals surface area (Å²) in [6.45, 7) is 3.91.